The molecule has 222 valence electrons. The second-order valence-electron chi connectivity index (χ2n) is 12.2. The van der Waals surface area contributed by atoms with Gasteiger partial charge in [0.1, 0.15) is 0 Å². The third-order valence-corrected chi connectivity index (χ3v) is 9.50. The molecule has 7 aromatic rings. The van der Waals surface area contributed by atoms with Crippen LogP contribution in [0.25, 0.3) is 56.2 Å². The fraction of sp³-hybridized carbons (Fsp3) is 0.143. The molecule has 5 aromatic carbocycles. The van der Waals surface area contributed by atoms with Crippen molar-refractivity contribution in [3.8, 4) is 45.4 Å². The van der Waals surface area contributed by atoms with E-state index in [2.05, 4.69) is 114 Å². The molecule has 0 bridgehead atoms. The van der Waals surface area contributed by atoms with Crippen molar-refractivity contribution in [3.63, 3.8) is 0 Å². The molecule has 0 saturated heterocycles. The molecular formula is C42H34N4. The number of pyridine rings is 1. The van der Waals surface area contributed by atoms with Gasteiger partial charge in [0.15, 0.2) is 17.5 Å². The highest BCUT2D eigenvalue weighted by atomic mass is 15.0. The molecule has 1 aliphatic rings. The van der Waals surface area contributed by atoms with Crippen LogP contribution >= 0.6 is 0 Å². The van der Waals surface area contributed by atoms with Crippen molar-refractivity contribution in [2.45, 2.75) is 37.5 Å². The van der Waals surface area contributed by atoms with Gasteiger partial charge in [0.05, 0.1) is 5.69 Å². The fourth-order valence-electron chi connectivity index (χ4n) is 7.09. The van der Waals surface area contributed by atoms with Gasteiger partial charge in [-0.15, -0.1) is 0 Å². The van der Waals surface area contributed by atoms with E-state index in [1.165, 1.54) is 35.8 Å². The summed E-state index contributed by atoms with van der Waals surface area (Å²) in [5, 5.41) is 2.29. The molecule has 1 saturated carbocycles. The lowest BCUT2D eigenvalue weighted by molar-refractivity contribution is 0.346. The van der Waals surface area contributed by atoms with Gasteiger partial charge in [-0.1, -0.05) is 147 Å². The third kappa shape index (κ3) is 5.26. The standard InChI is InChI=1S/C42H34N4/c1-3-13-32(14-4-1)39-44-40(46-41(45-39)37-17-11-15-30-12-5-6-16-36(30)37)33-21-25-35(26-22-33)42(27-8-2-9-28-42)34-23-19-31(20-24-34)38-18-7-10-29-43-38/h1,3-7,10-26,29H,2,8-9,27-28H2. The molecule has 0 amide bonds. The Morgan fingerprint density at radius 1 is 0.435 bits per heavy atom. The van der Waals surface area contributed by atoms with E-state index in [0.717, 1.165) is 46.2 Å². The van der Waals surface area contributed by atoms with Crippen molar-refractivity contribution >= 4 is 10.8 Å². The zero-order chi connectivity index (χ0) is 30.8. The Bertz CT molecular complexity index is 2090. The summed E-state index contributed by atoms with van der Waals surface area (Å²) in [6.07, 6.45) is 7.89. The SMILES string of the molecule is c1ccc(-c2nc(-c3ccc(C4(c5ccc(-c6ccccn6)cc5)CCCCC4)cc3)nc(-c3cccc4ccccc34)n2)cc1. The maximum Gasteiger partial charge on any atom is 0.164 e. The lowest BCUT2D eigenvalue weighted by Gasteiger charge is -2.39. The first-order valence-electron chi connectivity index (χ1n) is 16.2. The smallest absolute Gasteiger partial charge is 0.164 e. The van der Waals surface area contributed by atoms with Gasteiger partial charge in [-0.05, 0) is 46.9 Å². The van der Waals surface area contributed by atoms with Crippen molar-refractivity contribution in [1.29, 1.82) is 0 Å². The maximum absolute atomic E-state index is 5.08. The fourth-order valence-corrected chi connectivity index (χ4v) is 7.09. The van der Waals surface area contributed by atoms with E-state index >= 15 is 0 Å². The van der Waals surface area contributed by atoms with Gasteiger partial charge in [-0.25, -0.2) is 15.0 Å². The van der Waals surface area contributed by atoms with Crippen molar-refractivity contribution in [1.82, 2.24) is 19.9 Å². The van der Waals surface area contributed by atoms with Crippen LogP contribution in [0.4, 0.5) is 0 Å². The molecule has 0 N–H and O–H groups in total. The van der Waals surface area contributed by atoms with Crippen molar-refractivity contribution < 1.29 is 0 Å². The number of hydrogen-bond acceptors (Lipinski definition) is 4. The number of fused-ring (bicyclic) bond motifs is 1. The summed E-state index contributed by atoms with van der Waals surface area (Å²) in [6.45, 7) is 0. The molecule has 0 aliphatic heterocycles. The summed E-state index contributed by atoms with van der Waals surface area (Å²) < 4.78 is 0. The highest BCUT2D eigenvalue weighted by Gasteiger charge is 2.35. The Morgan fingerprint density at radius 3 is 1.72 bits per heavy atom. The van der Waals surface area contributed by atoms with Crippen LogP contribution in [0.5, 0.6) is 0 Å². The average molecular weight is 595 g/mol. The van der Waals surface area contributed by atoms with Crippen molar-refractivity contribution in [2.24, 2.45) is 0 Å². The first-order chi connectivity index (χ1) is 22.8. The molecule has 8 rings (SSSR count). The summed E-state index contributed by atoms with van der Waals surface area (Å²) >= 11 is 0. The van der Waals surface area contributed by atoms with Crippen LogP contribution in [0.15, 0.2) is 146 Å². The zero-order valence-corrected chi connectivity index (χ0v) is 25.7. The Labute approximate surface area is 269 Å². The average Bonchev–Trinajstić information content (AvgIpc) is 3.15. The Hall–Kier alpha value is -5.48. The predicted octanol–water partition coefficient (Wildman–Crippen LogP) is 10.3. The largest absolute Gasteiger partial charge is 0.256 e. The Morgan fingerprint density at radius 2 is 1.02 bits per heavy atom. The van der Waals surface area contributed by atoms with Gasteiger partial charge >= 0.3 is 0 Å². The minimum Gasteiger partial charge on any atom is -0.256 e. The molecule has 2 heterocycles. The highest BCUT2D eigenvalue weighted by Crippen LogP contribution is 2.45. The van der Waals surface area contributed by atoms with Crippen LogP contribution in [0, 0.1) is 0 Å². The van der Waals surface area contributed by atoms with Crippen LogP contribution in [-0.4, -0.2) is 19.9 Å². The molecule has 0 unspecified atom stereocenters. The molecule has 4 nitrogen and oxygen atoms in total. The van der Waals surface area contributed by atoms with Gasteiger partial charge in [-0.3, -0.25) is 4.98 Å². The summed E-state index contributed by atoms with van der Waals surface area (Å²) in [7, 11) is 0. The van der Waals surface area contributed by atoms with Crippen LogP contribution in [0.1, 0.15) is 43.2 Å². The van der Waals surface area contributed by atoms with E-state index in [9.17, 15) is 0 Å². The van der Waals surface area contributed by atoms with Crippen LogP contribution in [0.2, 0.25) is 0 Å². The number of nitrogens with zero attached hydrogens (tertiary/aromatic N) is 4. The summed E-state index contributed by atoms with van der Waals surface area (Å²) in [5.41, 5.74) is 7.84. The number of rotatable bonds is 6. The number of aromatic nitrogens is 4. The quantitative estimate of drug-likeness (QED) is 0.192. The van der Waals surface area contributed by atoms with Gasteiger partial charge in [0.25, 0.3) is 0 Å². The normalized spacial score (nSPS) is 14.3. The van der Waals surface area contributed by atoms with E-state index in [1.807, 2.05) is 36.5 Å². The third-order valence-electron chi connectivity index (χ3n) is 9.50. The first kappa shape index (κ1) is 28.0. The molecule has 2 aromatic heterocycles. The summed E-state index contributed by atoms with van der Waals surface area (Å²) in [5.74, 6) is 2.04. The Balaban J connectivity index is 1.20. The molecule has 0 radical (unpaired) electrons. The van der Waals surface area contributed by atoms with Crippen LogP contribution < -0.4 is 0 Å². The molecular weight excluding hydrogens is 560 g/mol. The molecule has 4 heteroatoms. The van der Waals surface area contributed by atoms with Crippen LogP contribution in [-0.2, 0) is 5.41 Å². The van der Waals surface area contributed by atoms with Gasteiger partial charge in [0.2, 0.25) is 0 Å². The van der Waals surface area contributed by atoms with Gasteiger partial charge in [-0.2, -0.15) is 0 Å². The Kier molecular flexibility index (Phi) is 7.39. The molecule has 1 fully saturated rings. The lowest BCUT2D eigenvalue weighted by Crippen LogP contribution is -2.30. The first-order valence-corrected chi connectivity index (χ1v) is 16.2. The van der Waals surface area contributed by atoms with E-state index in [-0.39, 0.29) is 5.41 Å². The van der Waals surface area contributed by atoms with E-state index in [1.54, 1.807) is 0 Å². The molecule has 1 aliphatic carbocycles. The number of benzene rings is 5. The lowest BCUT2D eigenvalue weighted by atomic mass is 9.65. The molecule has 0 spiro atoms. The highest BCUT2D eigenvalue weighted by molar-refractivity contribution is 5.95. The van der Waals surface area contributed by atoms with Crippen molar-refractivity contribution in [3.05, 3.63) is 157 Å². The predicted molar refractivity (Wildman–Crippen MR) is 187 cm³/mol. The second-order valence-corrected chi connectivity index (χ2v) is 12.2. The monoisotopic (exact) mass is 594 g/mol. The molecule has 46 heavy (non-hydrogen) atoms. The zero-order valence-electron chi connectivity index (χ0n) is 25.7. The minimum absolute atomic E-state index is 0.0121. The summed E-state index contributed by atoms with van der Waals surface area (Å²) in [4.78, 5) is 19.6. The second kappa shape index (κ2) is 12.1. The van der Waals surface area contributed by atoms with E-state index in [0.29, 0.717) is 17.5 Å². The van der Waals surface area contributed by atoms with E-state index < -0.39 is 0 Å². The van der Waals surface area contributed by atoms with Gasteiger partial charge in [0, 0.05) is 33.9 Å². The number of hydrogen-bond donors (Lipinski definition) is 0. The minimum atomic E-state index is -0.0121. The van der Waals surface area contributed by atoms with Crippen LogP contribution in [0.3, 0.4) is 0 Å². The topological polar surface area (TPSA) is 51.6 Å². The van der Waals surface area contributed by atoms with Gasteiger partial charge < -0.3 is 0 Å². The van der Waals surface area contributed by atoms with Crippen molar-refractivity contribution in [2.75, 3.05) is 0 Å². The maximum atomic E-state index is 5.08. The summed E-state index contributed by atoms with van der Waals surface area (Å²) in [6, 6.07) is 49.1. The van der Waals surface area contributed by atoms with E-state index in [4.69, 9.17) is 15.0 Å². The molecule has 0 atom stereocenters.